The van der Waals surface area contributed by atoms with Gasteiger partial charge in [-0.25, -0.2) is 0 Å². The van der Waals surface area contributed by atoms with E-state index in [1.165, 1.54) is 0 Å². The van der Waals surface area contributed by atoms with Crippen LogP contribution in [0.4, 0.5) is 0 Å². The Morgan fingerprint density at radius 2 is 1.19 bits per heavy atom. The molecule has 2 rings (SSSR count). The number of carbonyl (C=O) groups is 4. The highest BCUT2D eigenvalue weighted by Crippen LogP contribution is 2.27. The Hall–Kier alpha value is -1.72. The van der Waals surface area contributed by atoms with Crippen molar-refractivity contribution in [1.29, 1.82) is 0 Å². The van der Waals surface area contributed by atoms with Crippen LogP contribution in [-0.4, -0.2) is 35.5 Å². The number of hydrogen-bond acceptors (Lipinski definition) is 4. The van der Waals surface area contributed by atoms with Crippen molar-refractivity contribution in [3.8, 4) is 0 Å². The van der Waals surface area contributed by atoms with Crippen LogP contribution in [-0.2, 0) is 19.2 Å². The zero-order valence-electron chi connectivity index (χ0n) is 16.0. The minimum atomic E-state index is -0.486. The third kappa shape index (κ3) is 5.15. The topological polar surface area (TPSA) is 92.3 Å². The summed E-state index contributed by atoms with van der Waals surface area (Å²) in [6, 6.07) is -0.971. The van der Waals surface area contributed by atoms with Gasteiger partial charge in [0.25, 0.3) is 0 Å². The molecule has 0 aliphatic carbocycles. The molecule has 0 aromatic rings. The molecule has 2 heterocycles. The lowest BCUT2D eigenvalue weighted by Gasteiger charge is -2.29. The van der Waals surface area contributed by atoms with Crippen LogP contribution in [0, 0.1) is 11.8 Å². The molecule has 0 radical (unpaired) electrons. The van der Waals surface area contributed by atoms with E-state index < -0.39 is 23.9 Å². The number of carbonyl (C=O) groups excluding carboxylic acids is 4. The minimum Gasteiger partial charge on any atom is -0.346 e. The normalized spacial score (nSPS) is 26.7. The van der Waals surface area contributed by atoms with Gasteiger partial charge >= 0.3 is 0 Å². The molecule has 2 fully saturated rings. The second kappa shape index (κ2) is 9.83. The van der Waals surface area contributed by atoms with Crippen molar-refractivity contribution in [3.05, 3.63) is 0 Å². The molecule has 6 nitrogen and oxygen atoms in total. The molecule has 0 aromatic carbocycles. The van der Waals surface area contributed by atoms with E-state index in [1.807, 2.05) is 13.8 Å². The Morgan fingerprint density at radius 1 is 0.808 bits per heavy atom. The largest absolute Gasteiger partial charge is 0.346 e. The second-order valence-electron chi connectivity index (χ2n) is 7.57. The van der Waals surface area contributed by atoms with Crippen molar-refractivity contribution < 1.29 is 19.2 Å². The van der Waals surface area contributed by atoms with Crippen LogP contribution in [0.25, 0.3) is 0 Å². The average molecular weight is 364 g/mol. The molecule has 2 aliphatic heterocycles. The fourth-order valence-electron chi connectivity index (χ4n) is 4.26. The number of hydrogen-bond donors (Lipinski definition) is 2. The first-order chi connectivity index (χ1) is 12.5. The van der Waals surface area contributed by atoms with Gasteiger partial charge in [-0.3, -0.25) is 19.2 Å². The van der Waals surface area contributed by atoms with E-state index in [0.717, 1.165) is 25.7 Å². The molecule has 2 saturated heterocycles. The maximum Gasteiger partial charge on any atom is 0.220 e. The summed E-state index contributed by atoms with van der Waals surface area (Å²) in [5.41, 5.74) is 0. The second-order valence-corrected chi connectivity index (χ2v) is 7.57. The van der Waals surface area contributed by atoms with Gasteiger partial charge in [-0.05, 0) is 38.5 Å². The molecule has 146 valence electrons. The first kappa shape index (κ1) is 20.6. The lowest BCUT2D eigenvalue weighted by molar-refractivity contribution is -0.137. The van der Waals surface area contributed by atoms with Gasteiger partial charge in [-0.2, -0.15) is 0 Å². The van der Waals surface area contributed by atoms with Crippen LogP contribution in [0.3, 0.4) is 0 Å². The third-order valence-corrected chi connectivity index (χ3v) is 5.75. The monoisotopic (exact) mass is 364 g/mol. The molecule has 0 aromatic heterocycles. The highest BCUT2D eigenvalue weighted by molar-refractivity contribution is 5.97. The summed E-state index contributed by atoms with van der Waals surface area (Å²) in [7, 11) is 0. The molecule has 26 heavy (non-hydrogen) atoms. The molecule has 6 heteroatoms. The van der Waals surface area contributed by atoms with E-state index in [-0.39, 0.29) is 23.4 Å². The first-order valence-electron chi connectivity index (χ1n) is 10.1. The lowest BCUT2D eigenvalue weighted by atomic mass is 9.77. The maximum absolute atomic E-state index is 13.1. The Labute approximate surface area is 155 Å². The van der Waals surface area contributed by atoms with Gasteiger partial charge in [0.15, 0.2) is 11.6 Å². The molecule has 2 aliphatic rings. The molecule has 0 bridgehead atoms. The fraction of sp³-hybridized carbons (Fsp3) is 0.800. The van der Waals surface area contributed by atoms with Gasteiger partial charge in [0, 0.05) is 24.7 Å². The predicted octanol–water partition coefficient (Wildman–Crippen LogP) is 2.29. The van der Waals surface area contributed by atoms with Gasteiger partial charge < -0.3 is 10.6 Å². The summed E-state index contributed by atoms with van der Waals surface area (Å²) < 4.78 is 0. The summed E-state index contributed by atoms with van der Waals surface area (Å²) in [4.78, 5) is 49.8. The van der Waals surface area contributed by atoms with Gasteiger partial charge in [0.05, 0.1) is 12.1 Å². The minimum absolute atomic E-state index is 0.0251. The van der Waals surface area contributed by atoms with E-state index >= 15 is 0 Å². The third-order valence-electron chi connectivity index (χ3n) is 5.75. The molecule has 4 unspecified atom stereocenters. The van der Waals surface area contributed by atoms with Gasteiger partial charge in [-0.1, -0.05) is 26.7 Å². The lowest BCUT2D eigenvalue weighted by Crippen LogP contribution is -2.48. The van der Waals surface area contributed by atoms with Gasteiger partial charge in [0.2, 0.25) is 11.8 Å². The fourth-order valence-corrected chi connectivity index (χ4v) is 4.26. The number of amides is 2. The van der Waals surface area contributed by atoms with E-state index in [9.17, 15) is 19.2 Å². The summed E-state index contributed by atoms with van der Waals surface area (Å²) in [6.07, 6.45) is 6.64. The van der Waals surface area contributed by atoms with E-state index in [2.05, 4.69) is 10.6 Å². The van der Waals surface area contributed by atoms with Crippen LogP contribution >= 0.6 is 0 Å². The molecular weight excluding hydrogens is 332 g/mol. The Bertz CT molecular complexity index is 498. The van der Waals surface area contributed by atoms with Crippen LogP contribution in [0.1, 0.15) is 78.1 Å². The van der Waals surface area contributed by atoms with Crippen molar-refractivity contribution in [3.63, 3.8) is 0 Å². The van der Waals surface area contributed by atoms with E-state index in [4.69, 9.17) is 0 Å². The van der Waals surface area contributed by atoms with Crippen LogP contribution in [0.5, 0.6) is 0 Å². The van der Waals surface area contributed by atoms with Gasteiger partial charge in [-0.15, -0.1) is 0 Å². The SMILES string of the molecule is CCC(C(=O)C1CCCCC(=O)N1)C(CC)C(=O)C1CCCCC(=O)N1. The van der Waals surface area contributed by atoms with Crippen LogP contribution in [0.2, 0.25) is 0 Å². The summed E-state index contributed by atoms with van der Waals surface area (Å²) >= 11 is 0. The quantitative estimate of drug-likeness (QED) is 0.725. The van der Waals surface area contributed by atoms with Crippen molar-refractivity contribution >= 4 is 23.4 Å². The molecule has 2 amide bonds. The van der Waals surface area contributed by atoms with Gasteiger partial charge in [0.1, 0.15) is 0 Å². The number of rotatable bonds is 7. The number of ketones is 2. The highest BCUT2D eigenvalue weighted by Gasteiger charge is 2.38. The van der Waals surface area contributed by atoms with E-state index in [1.54, 1.807) is 0 Å². The average Bonchev–Trinajstić information content (AvgIpc) is 2.98. The first-order valence-corrected chi connectivity index (χ1v) is 10.1. The summed E-state index contributed by atoms with van der Waals surface area (Å²) in [6.45, 7) is 3.84. The van der Waals surface area contributed by atoms with Crippen LogP contribution < -0.4 is 10.6 Å². The Balaban J connectivity index is 2.13. The Kier molecular flexibility index (Phi) is 7.79. The van der Waals surface area contributed by atoms with Crippen LogP contribution in [0.15, 0.2) is 0 Å². The standard InChI is InChI=1S/C20H32N2O4/c1-3-13(19(25)15-9-5-7-11-17(23)21-15)14(4-2)20(26)16-10-6-8-12-18(24)22-16/h13-16H,3-12H2,1-2H3,(H,21,23)(H,22,24). The molecule has 2 N–H and O–H groups in total. The van der Waals surface area contributed by atoms with Crippen molar-refractivity contribution in [2.75, 3.05) is 0 Å². The Morgan fingerprint density at radius 3 is 1.54 bits per heavy atom. The van der Waals surface area contributed by atoms with Crippen molar-refractivity contribution in [2.45, 2.75) is 90.1 Å². The molecule has 0 saturated carbocycles. The number of Topliss-reactive ketones (excluding diaryl/α,β-unsaturated/α-hetero) is 2. The summed E-state index contributed by atoms with van der Waals surface area (Å²) in [5, 5.41) is 5.68. The maximum atomic E-state index is 13.1. The zero-order chi connectivity index (χ0) is 19.1. The number of nitrogens with one attached hydrogen (secondary N) is 2. The molecule has 0 spiro atoms. The van der Waals surface area contributed by atoms with Crippen molar-refractivity contribution in [2.24, 2.45) is 11.8 Å². The predicted molar refractivity (Wildman–Crippen MR) is 98.4 cm³/mol. The van der Waals surface area contributed by atoms with Crippen molar-refractivity contribution in [1.82, 2.24) is 10.6 Å². The summed E-state index contributed by atoms with van der Waals surface area (Å²) in [5.74, 6) is -1.02. The molecular formula is C20H32N2O4. The highest BCUT2D eigenvalue weighted by atomic mass is 16.2. The smallest absolute Gasteiger partial charge is 0.220 e. The van der Waals surface area contributed by atoms with E-state index in [0.29, 0.717) is 38.5 Å². The molecule has 4 atom stereocenters. The zero-order valence-corrected chi connectivity index (χ0v) is 16.0.